The molecule has 2 aromatic carbocycles. The maximum atomic E-state index is 13.7. The lowest BCUT2D eigenvalue weighted by Gasteiger charge is -2.19. The van der Waals surface area contributed by atoms with Gasteiger partial charge in [0.25, 0.3) is 0 Å². The molecule has 3 rings (SSSR count). The largest absolute Gasteiger partial charge is 0.489 e. The smallest absolute Gasteiger partial charge is 0.236 e. The van der Waals surface area contributed by atoms with Crippen molar-refractivity contribution in [2.45, 2.75) is 6.54 Å². The Bertz CT molecular complexity index is 1000. The average Bonchev–Trinajstić information content (AvgIpc) is 3.21. The molecular weight excluding hydrogens is 381 g/mol. The molecule has 1 heterocycles. The molecule has 7 heteroatoms. The molecule has 0 radical (unpaired) electrons. The number of hydrogen-bond donors (Lipinski definition) is 0. The van der Waals surface area contributed by atoms with Crippen LogP contribution >= 0.6 is 0 Å². The van der Waals surface area contributed by atoms with E-state index in [0.717, 1.165) is 11.0 Å². The molecule has 3 aromatic rings. The molecular formula is C21H20FNO4S. The van der Waals surface area contributed by atoms with Crippen molar-refractivity contribution in [1.29, 1.82) is 0 Å². The molecule has 1 aromatic heterocycles. The number of nitrogens with zero attached hydrogens (tertiary/aromatic N) is 1. The summed E-state index contributed by atoms with van der Waals surface area (Å²) in [5.41, 5.74) is 0.770. The Hall–Kier alpha value is -2.90. The maximum absolute atomic E-state index is 13.7. The van der Waals surface area contributed by atoms with Gasteiger partial charge >= 0.3 is 0 Å². The van der Waals surface area contributed by atoms with Crippen molar-refractivity contribution >= 4 is 16.1 Å². The van der Waals surface area contributed by atoms with Crippen LogP contribution in [0.25, 0.3) is 6.08 Å². The predicted molar refractivity (Wildman–Crippen MR) is 105 cm³/mol. The number of ether oxygens (including phenoxy) is 1. The minimum Gasteiger partial charge on any atom is -0.489 e. The third kappa shape index (κ3) is 5.55. The molecule has 0 unspecified atom stereocenters. The van der Waals surface area contributed by atoms with Crippen LogP contribution in [0.2, 0.25) is 0 Å². The van der Waals surface area contributed by atoms with Gasteiger partial charge in [-0.25, -0.2) is 12.8 Å². The summed E-state index contributed by atoms with van der Waals surface area (Å²) < 4.78 is 51.2. The molecule has 0 saturated heterocycles. The summed E-state index contributed by atoms with van der Waals surface area (Å²) in [4.78, 5) is 0. The van der Waals surface area contributed by atoms with Crippen LogP contribution in [0.1, 0.15) is 11.3 Å². The van der Waals surface area contributed by atoms with E-state index >= 15 is 0 Å². The molecule has 0 N–H and O–H groups in total. The molecule has 0 amide bonds. The standard InChI is InChI=1S/C21H20FNO4S/c22-20-10-4-5-11-21(20)27-15-13-23(17-19-9-6-14-26-19)28(24,25)16-12-18-7-2-1-3-8-18/h1-12,14,16H,13,15,17H2. The van der Waals surface area contributed by atoms with Gasteiger partial charge in [0.1, 0.15) is 12.4 Å². The minimum absolute atomic E-state index is 0.0000485. The first-order valence-corrected chi connectivity index (χ1v) is 10.2. The van der Waals surface area contributed by atoms with E-state index < -0.39 is 15.8 Å². The Labute approximate surface area is 163 Å². The van der Waals surface area contributed by atoms with Crippen LogP contribution in [0, 0.1) is 5.82 Å². The summed E-state index contributed by atoms with van der Waals surface area (Å²) in [7, 11) is -3.74. The Morgan fingerprint density at radius 2 is 1.75 bits per heavy atom. The van der Waals surface area contributed by atoms with Gasteiger partial charge in [0.2, 0.25) is 10.0 Å². The number of sulfonamides is 1. The summed E-state index contributed by atoms with van der Waals surface area (Å²) in [6.45, 7) is 0.0889. The average molecular weight is 401 g/mol. The summed E-state index contributed by atoms with van der Waals surface area (Å²) >= 11 is 0. The Morgan fingerprint density at radius 1 is 1.00 bits per heavy atom. The van der Waals surface area contributed by atoms with Crippen LogP contribution < -0.4 is 4.74 Å². The van der Waals surface area contributed by atoms with Crippen molar-refractivity contribution in [3.63, 3.8) is 0 Å². The molecule has 5 nitrogen and oxygen atoms in total. The van der Waals surface area contributed by atoms with Crippen LogP contribution in [-0.2, 0) is 16.6 Å². The van der Waals surface area contributed by atoms with Crippen LogP contribution in [0.5, 0.6) is 5.75 Å². The van der Waals surface area contributed by atoms with Gasteiger partial charge in [-0.3, -0.25) is 0 Å². The topological polar surface area (TPSA) is 59.8 Å². The normalized spacial score (nSPS) is 11.9. The maximum Gasteiger partial charge on any atom is 0.236 e. The van der Waals surface area contributed by atoms with Crippen LogP contribution in [0.15, 0.2) is 82.8 Å². The predicted octanol–water partition coefficient (Wildman–Crippen LogP) is 4.30. The van der Waals surface area contributed by atoms with E-state index in [2.05, 4.69) is 0 Å². The van der Waals surface area contributed by atoms with Crippen molar-refractivity contribution in [2.75, 3.05) is 13.2 Å². The van der Waals surface area contributed by atoms with Gasteiger partial charge in [0.15, 0.2) is 11.6 Å². The van der Waals surface area contributed by atoms with Crippen LogP contribution in [0.4, 0.5) is 4.39 Å². The molecule has 0 aliphatic rings. The van der Waals surface area contributed by atoms with Crippen molar-refractivity contribution in [3.8, 4) is 5.75 Å². The van der Waals surface area contributed by atoms with E-state index in [4.69, 9.17) is 9.15 Å². The first-order valence-electron chi connectivity index (χ1n) is 8.67. The number of halogens is 1. The molecule has 146 valence electrons. The van der Waals surface area contributed by atoms with Crippen LogP contribution in [-0.4, -0.2) is 25.9 Å². The first-order chi connectivity index (χ1) is 13.5. The fourth-order valence-corrected chi connectivity index (χ4v) is 3.64. The van der Waals surface area contributed by atoms with E-state index in [0.29, 0.717) is 5.76 Å². The lowest BCUT2D eigenvalue weighted by Crippen LogP contribution is -2.32. The lowest BCUT2D eigenvalue weighted by atomic mass is 10.2. The quantitative estimate of drug-likeness (QED) is 0.536. The molecule has 28 heavy (non-hydrogen) atoms. The highest BCUT2D eigenvalue weighted by atomic mass is 32.2. The molecule has 0 bridgehead atoms. The lowest BCUT2D eigenvalue weighted by molar-refractivity contribution is 0.254. The number of furan rings is 1. The molecule has 0 aliphatic carbocycles. The van der Waals surface area contributed by atoms with E-state index in [9.17, 15) is 12.8 Å². The zero-order chi connectivity index (χ0) is 19.8. The van der Waals surface area contributed by atoms with E-state index in [1.54, 1.807) is 24.3 Å². The second-order valence-electron chi connectivity index (χ2n) is 5.95. The number of rotatable bonds is 9. The van der Waals surface area contributed by atoms with Gasteiger partial charge in [-0.05, 0) is 35.9 Å². The van der Waals surface area contributed by atoms with Gasteiger partial charge in [-0.15, -0.1) is 0 Å². The molecule has 0 atom stereocenters. The van der Waals surface area contributed by atoms with Gasteiger partial charge in [0.05, 0.1) is 12.8 Å². The highest BCUT2D eigenvalue weighted by Crippen LogP contribution is 2.17. The van der Waals surface area contributed by atoms with Crippen molar-refractivity contribution < 1.29 is 22.0 Å². The Kier molecular flexibility index (Phi) is 6.62. The molecule has 0 aliphatic heterocycles. The summed E-state index contributed by atoms with van der Waals surface area (Å²) in [5, 5.41) is 1.15. The zero-order valence-corrected chi connectivity index (χ0v) is 15.9. The van der Waals surface area contributed by atoms with E-state index in [1.807, 2.05) is 30.3 Å². The molecule has 0 spiro atoms. The number of benzene rings is 2. The first kappa shape index (κ1) is 19.9. The van der Waals surface area contributed by atoms with Gasteiger partial charge in [-0.2, -0.15) is 4.31 Å². The fraction of sp³-hybridized carbons (Fsp3) is 0.143. The van der Waals surface area contributed by atoms with E-state index in [1.165, 1.54) is 28.8 Å². The van der Waals surface area contributed by atoms with Gasteiger partial charge in [0, 0.05) is 12.0 Å². The monoisotopic (exact) mass is 401 g/mol. The van der Waals surface area contributed by atoms with Crippen molar-refractivity contribution in [3.05, 3.63) is 95.5 Å². The minimum atomic E-state index is -3.74. The van der Waals surface area contributed by atoms with Crippen molar-refractivity contribution in [2.24, 2.45) is 0 Å². The van der Waals surface area contributed by atoms with Gasteiger partial charge in [-0.1, -0.05) is 42.5 Å². The van der Waals surface area contributed by atoms with Crippen LogP contribution in [0.3, 0.4) is 0 Å². The van der Waals surface area contributed by atoms with Gasteiger partial charge < -0.3 is 9.15 Å². The summed E-state index contributed by atoms with van der Waals surface area (Å²) in [5.74, 6) is 0.0900. The summed E-state index contributed by atoms with van der Waals surface area (Å²) in [6.07, 6.45) is 3.01. The van der Waals surface area contributed by atoms with Crippen molar-refractivity contribution in [1.82, 2.24) is 4.31 Å². The second kappa shape index (κ2) is 9.34. The zero-order valence-electron chi connectivity index (χ0n) is 15.1. The third-order valence-corrected chi connectivity index (χ3v) is 5.45. The Morgan fingerprint density at radius 3 is 2.46 bits per heavy atom. The number of hydrogen-bond acceptors (Lipinski definition) is 4. The fourth-order valence-electron chi connectivity index (χ4n) is 2.51. The van der Waals surface area contributed by atoms with E-state index in [-0.39, 0.29) is 25.4 Å². The summed E-state index contributed by atoms with van der Waals surface area (Å²) in [6, 6.07) is 18.5. The highest BCUT2D eigenvalue weighted by molar-refractivity contribution is 7.92. The molecule has 0 saturated carbocycles. The third-order valence-electron chi connectivity index (χ3n) is 3.94. The SMILES string of the molecule is O=S(=O)(C=Cc1ccccc1)N(CCOc1ccccc1F)Cc1ccco1. The molecule has 0 fully saturated rings. The second-order valence-corrected chi connectivity index (χ2v) is 7.77. The number of para-hydroxylation sites is 1. The Balaban J connectivity index is 1.72. The highest BCUT2D eigenvalue weighted by Gasteiger charge is 2.21.